The number of nitrogens with two attached hydrogens (primary N) is 1. The number of amides is 1. The molecule has 3 N–H and O–H groups in total. The van der Waals surface area contributed by atoms with Gasteiger partial charge in [0.15, 0.2) is 0 Å². The monoisotopic (exact) mass is 236 g/mol. The molecule has 0 aliphatic rings. The van der Waals surface area contributed by atoms with E-state index in [1.807, 2.05) is 6.07 Å². The van der Waals surface area contributed by atoms with Crippen LogP contribution in [0.4, 0.5) is 0 Å². The van der Waals surface area contributed by atoms with Gasteiger partial charge in [0.05, 0.1) is 13.7 Å². The third-order valence-electron chi connectivity index (χ3n) is 2.77. The first-order valence-corrected chi connectivity index (χ1v) is 5.67. The third-order valence-corrected chi connectivity index (χ3v) is 2.77. The second-order valence-corrected chi connectivity index (χ2v) is 4.14. The summed E-state index contributed by atoms with van der Waals surface area (Å²) in [4.78, 5) is 10.6. The fourth-order valence-electron chi connectivity index (χ4n) is 1.67. The Hall–Kier alpha value is -1.55. The molecule has 1 amide bonds. The van der Waals surface area contributed by atoms with E-state index in [0.29, 0.717) is 6.54 Å². The van der Waals surface area contributed by atoms with Crippen molar-refractivity contribution in [3.05, 3.63) is 28.8 Å². The zero-order chi connectivity index (χ0) is 12.8. The average Bonchev–Trinajstić information content (AvgIpc) is 2.28. The van der Waals surface area contributed by atoms with Gasteiger partial charge in [0.2, 0.25) is 5.91 Å². The Labute approximate surface area is 102 Å². The molecule has 4 nitrogen and oxygen atoms in total. The molecule has 0 heterocycles. The highest BCUT2D eigenvalue weighted by molar-refractivity contribution is 5.75. The lowest BCUT2D eigenvalue weighted by molar-refractivity contribution is -0.117. The smallest absolute Gasteiger partial charge is 0.231 e. The molecule has 0 fully saturated rings. The first kappa shape index (κ1) is 13.5. The maximum Gasteiger partial charge on any atom is 0.231 e. The van der Waals surface area contributed by atoms with Gasteiger partial charge in [-0.2, -0.15) is 0 Å². The summed E-state index contributed by atoms with van der Waals surface area (Å²) in [5.41, 5.74) is 8.66. The van der Waals surface area contributed by atoms with Gasteiger partial charge in [0, 0.05) is 0 Å². The number of aryl methyl sites for hydroxylation is 2. The fourth-order valence-corrected chi connectivity index (χ4v) is 1.67. The van der Waals surface area contributed by atoms with E-state index >= 15 is 0 Å². The first-order valence-electron chi connectivity index (χ1n) is 5.67. The fraction of sp³-hybridized carbons (Fsp3) is 0.462. The van der Waals surface area contributed by atoms with Crippen molar-refractivity contribution in [2.24, 2.45) is 5.73 Å². The average molecular weight is 236 g/mol. The molecule has 4 heteroatoms. The van der Waals surface area contributed by atoms with Crippen molar-refractivity contribution in [2.45, 2.75) is 20.3 Å². The molecule has 0 aromatic heterocycles. The number of carbonyl (C=O) groups is 1. The topological polar surface area (TPSA) is 64.3 Å². The van der Waals surface area contributed by atoms with E-state index in [2.05, 4.69) is 25.2 Å². The van der Waals surface area contributed by atoms with Crippen LogP contribution in [0, 0.1) is 13.8 Å². The van der Waals surface area contributed by atoms with Crippen LogP contribution in [0.15, 0.2) is 12.1 Å². The standard InChI is InChI=1S/C13H20N2O2/c1-9-6-11(4-5-15-8-13(14)16)12(17-3)7-10(9)2/h6-7,15H,4-5,8H2,1-3H3,(H2,14,16). The Kier molecular flexibility index (Phi) is 4.97. The summed E-state index contributed by atoms with van der Waals surface area (Å²) in [5.74, 6) is 0.561. The van der Waals surface area contributed by atoms with E-state index in [-0.39, 0.29) is 12.5 Å². The lowest BCUT2D eigenvalue weighted by atomic mass is 10.0. The van der Waals surface area contributed by atoms with Crippen molar-refractivity contribution in [1.29, 1.82) is 0 Å². The summed E-state index contributed by atoms with van der Waals surface area (Å²) < 4.78 is 5.34. The number of rotatable bonds is 6. The molecule has 0 radical (unpaired) electrons. The Morgan fingerprint density at radius 2 is 2.00 bits per heavy atom. The minimum absolute atomic E-state index is 0.215. The SMILES string of the molecule is COc1cc(C)c(C)cc1CCNCC(N)=O. The second-order valence-electron chi connectivity index (χ2n) is 4.14. The normalized spacial score (nSPS) is 10.3. The van der Waals surface area contributed by atoms with E-state index < -0.39 is 0 Å². The van der Waals surface area contributed by atoms with Crippen LogP contribution in [0.2, 0.25) is 0 Å². The summed E-state index contributed by atoms with van der Waals surface area (Å²) in [6, 6.07) is 4.17. The number of hydrogen-bond acceptors (Lipinski definition) is 3. The molecule has 1 aromatic carbocycles. The molecule has 1 rings (SSSR count). The summed E-state index contributed by atoms with van der Waals surface area (Å²) in [7, 11) is 1.67. The van der Waals surface area contributed by atoms with Crippen molar-refractivity contribution < 1.29 is 9.53 Å². The van der Waals surface area contributed by atoms with Crippen molar-refractivity contribution in [3.8, 4) is 5.75 Å². The van der Waals surface area contributed by atoms with E-state index in [4.69, 9.17) is 10.5 Å². The zero-order valence-corrected chi connectivity index (χ0v) is 10.7. The van der Waals surface area contributed by atoms with Crippen LogP contribution in [0.25, 0.3) is 0 Å². The van der Waals surface area contributed by atoms with E-state index in [0.717, 1.165) is 17.7 Å². The molecule has 0 saturated carbocycles. The molecule has 0 aliphatic carbocycles. The van der Waals surface area contributed by atoms with Crippen LogP contribution in [0.5, 0.6) is 5.75 Å². The molecule has 0 bridgehead atoms. The van der Waals surface area contributed by atoms with Gasteiger partial charge < -0.3 is 15.8 Å². The largest absolute Gasteiger partial charge is 0.496 e. The molecule has 0 spiro atoms. The Bertz CT molecular complexity index is 403. The Morgan fingerprint density at radius 3 is 2.59 bits per heavy atom. The number of primary amides is 1. The highest BCUT2D eigenvalue weighted by Gasteiger charge is 2.05. The van der Waals surface area contributed by atoms with Crippen LogP contribution in [-0.4, -0.2) is 26.1 Å². The third kappa shape index (κ3) is 4.07. The van der Waals surface area contributed by atoms with E-state index in [1.54, 1.807) is 7.11 Å². The van der Waals surface area contributed by atoms with Crippen LogP contribution in [0.3, 0.4) is 0 Å². The number of ether oxygens (including phenoxy) is 1. The summed E-state index contributed by atoms with van der Waals surface area (Å²) >= 11 is 0. The van der Waals surface area contributed by atoms with E-state index in [9.17, 15) is 4.79 Å². The highest BCUT2D eigenvalue weighted by Crippen LogP contribution is 2.23. The second kappa shape index (κ2) is 6.25. The van der Waals surface area contributed by atoms with Crippen LogP contribution in [-0.2, 0) is 11.2 Å². The van der Waals surface area contributed by atoms with Gasteiger partial charge >= 0.3 is 0 Å². The summed E-state index contributed by atoms with van der Waals surface area (Å²) in [6.07, 6.45) is 0.817. The predicted molar refractivity (Wildman–Crippen MR) is 68.2 cm³/mol. The van der Waals surface area contributed by atoms with Crippen LogP contribution < -0.4 is 15.8 Å². The first-order chi connectivity index (χ1) is 8.04. The lowest BCUT2D eigenvalue weighted by Crippen LogP contribution is -2.29. The highest BCUT2D eigenvalue weighted by atomic mass is 16.5. The van der Waals surface area contributed by atoms with Crippen LogP contribution in [0.1, 0.15) is 16.7 Å². The van der Waals surface area contributed by atoms with Gasteiger partial charge in [0.1, 0.15) is 5.75 Å². The van der Waals surface area contributed by atoms with Gasteiger partial charge in [-0.1, -0.05) is 6.07 Å². The zero-order valence-electron chi connectivity index (χ0n) is 10.7. The van der Waals surface area contributed by atoms with Crippen molar-refractivity contribution in [1.82, 2.24) is 5.32 Å². The molecule has 17 heavy (non-hydrogen) atoms. The van der Waals surface area contributed by atoms with Gasteiger partial charge in [-0.3, -0.25) is 4.79 Å². The predicted octanol–water partition coefficient (Wildman–Crippen LogP) is 0.929. The number of hydrogen-bond donors (Lipinski definition) is 2. The quantitative estimate of drug-likeness (QED) is 0.722. The van der Waals surface area contributed by atoms with Crippen molar-refractivity contribution >= 4 is 5.91 Å². The summed E-state index contributed by atoms with van der Waals surface area (Å²) in [5, 5.41) is 2.99. The summed E-state index contributed by atoms with van der Waals surface area (Å²) in [6.45, 7) is 5.07. The molecular formula is C13H20N2O2. The minimum Gasteiger partial charge on any atom is -0.496 e. The maximum absolute atomic E-state index is 10.6. The van der Waals surface area contributed by atoms with Crippen LogP contribution >= 0.6 is 0 Å². The molecule has 0 saturated heterocycles. The molecule has 0 atom stereocenters. The lowest BCUT2D eigenvalue weighted by Gasteiger charge is -2.12. The number of nitrogens with one attached hydrogen (secondary N) is 1. The number of methoxy groups -OCH3 is 1. The number of benzene rings is 1. The molecule has 1 aromatic rings. The van der Waals surface area contributed by atoms with Crippen molar-refractivity contribution in [2.75, 3.05) is 20.2 Å². The van der Waals surface area contributed by atoms with Gasteiger partial charge in [-0.25, -0.2) is 0 Å². The number of carbonyl (C=O) groups excluding carboxylic acids is 1. The van der Waals surface area contributed by atoms with Crippen molar-refractivity contribution in [3.63, 3.8) is 0 Å². The molecule has 0 unspecified atom stereocenters. The Balaban J connectivity index is 2.63. The molecule has 0 aliphatic heterocycles. The Morgan fingerprint density at radius 1 is 1.35 bits per heavy atom. The van der Waals surface area contributed by atoms with E-state index in [1.165, 1.54) is 11.1 Å². The van der Waals surface area contributed by atoms with Gasteiger partial charge in [-0.15, -0.1) is 0 Å². The minimum atomic E-state index is -0.336. The van der Waals surface area contributed by atoms with Gasteiger partial charge in [0.25, 0.3) is 0 Å². The molecular weight excluding hydrogens is 216 g/mol. The van der Waals surface area contributed by atoms with Gasteiger partial charge in [-0.05, 0) is 49.6 Å². The molecule has 94 valence electrons. The maximum atomic E-state index is 10.6.